The Balaban J connectivity index is 0.000000153. The van der Waals surface area contributed by atoms with Crippen molar-refractivity contribution >= 4 is 12.3 Å². The maximum atomic E-state index is 11.7. The summed E-state index contributed by atoms with van der Waals surface area (Å²) >= 11 is 0. The number of benzene rings is 10. The number of hydrogen-bond acceptors (Lipinski definition) is 18. The van der Waals surface area contributed by atoms with Gasteiger partial charge in [0, 0.05) is 65.5 Å². The van der Waals surface area contributed by atoms with Crippen molar-refractivity contribution in [1.29, 1.82) is 0 Å². The number of aldehydes is 1. The molecule has 0 unspecified atom stereocenters. The van der Waals surface area contributed by atoms with E-state index in [4.69, 9.17) is 37.9 Å². The second-order valence-electron chi connectivity index (χ2n) is 29.4. The summed E-state index contributed by atoms with van der Waals surface area (Å²) in [6.07, 6.45) is 18.1. The van der Waals surface area contributed by atoms with Crippen molar-refractivity contribution in [3.63, 3.8) is 0 Å². The first-order chi connectivity index (χ1) is 61.1. The molecule has 0 saturated heterocycles. The first kappa shape index (κ1) is 91.5. The molecule has 126 heavy (non-hydrogen) atoms. The summed E-state index contributed by atoms with van der Waals surface area (Å²) in [4.78, 5) is 22.4. The minimum atomic E-state index is -0.602. The van der Waals surface area contributed by atoms with E-state index in [-0.39, 0.29) is 47.8 Å². The summed E-state index contributed by atoms with van der Waals surface area (Å²) in [5.74, 6) is 5.41. The molecule has 0 bridgehead atoms. The van der Waals surface area contributed by atoms with Gasteiger partial charge in [-0.25, -0.2) is 4.79 Å². The standard InChI is InChI=1S/C23H22O5.C22H20O4.C22H22O4.C21H20O3.C20H18O2/c1-15-14-21(23(25)27-3)28-20(22(15)24)13-6-16-4-7-17(8-5-16)18-9-11-19(26-2)12-10-18;1-15-12-20(14-24)26-21(22(15)25)11-6-16-2-7-18(8-3-16)19-9-4-17(13-23)5-10-19;1-15-13-20(14-23)26-21(22(15)24)12-5-16-3-6-17(7-4-16)18-8-10-19(25-2)11-9-18;1-15-13-14-24-20(21(15)22)12-5-16-3-6-17(7-4-16)18-8-10-19(23-2)11-9-18;1-15-13-14-22-19(20(15)21)12-9-16-7-10-18(11-8-16)17-5-3-2-4-6-17/h4-5,7-12,14,24H,1,6,13H2,2-3H3;2-5,7-10,12-13,24-25H,1,6,11,14H2;3-4,6-11,13,23-24H,1,5,12,14H2,2H3;3-4,6-11,13-14,22H,1,5,12H2,2H3;2-8,10-11,13-14,21H,1,9,12H2. The molecular formula is C108H102O18. The molecule has 0 aromatic heterocycles. The van der Waals surface area contributed by atoms with E-state index >= 15 is 0 Å². The SMILES string of the molecule is C=C1C=C(C(=O)OC)OC(CCc2ccc(-c3ccc(OC)cc3)cc2)=C1O.C=C1C=C(CO)OC(CCc2ccc(-c3ccc(C=O)cc3)cc2)=C1O.C=C1C=C(CO)OC(CCc2ccc(-c3ccc(OC)cc3)cc2)=C1O.C=C1C=COC(CCc2ccc(-c3ccc(OC)cc3)cc2)=C1O.C=C1C=COC(CCc2ccc(-c3ccccc3)cc2)=C1O. The van der Waals surface area contributed by atoms with Gasteiger partial charge >= 0.3 is 5.97 Å². The molecule has 0 radical (unpaired) electrons. The lowest BCUT2D eigenvalue weighted by Crippen LogP contribution is -2.14. The average Bonchev–Trinajstić information content (AvgIpc) is 0.773. The van der Waals surface area contributed by atoms with E-state index in [0.717, 1.165) is 97.6 Å². The zero-order valence-corrected chi connectivity index (χ0v) is 70.9. The van der Waals surface area contributed by atoms with Crippen LogP contribution in [-0.4, -0.2) is 89.7 Å². The summed E-state index contributed by atoms with van der Waals surface area (Å²) in [5.41, 5.74) is 20.1. The molecule has 15 rings (SSSR count). The van der Waals surface area contributed by atoms with Crippen molar-refractivity contribution in [1.82, 2.24) is 0 Å². The Morgan fingerprint density at radius 1 is 0.310 bits per heavy atom. The number of aliphatic hydroxyl groups is 7. The number of aliphatic hydroxyl groups excluding tert-OH is 7. The molecule has 0 atom stereocenters. The van der Waals surface area contributed by atoms with Gasteiger partial charge in [0.1, 0.15) is 77.1 Å². The van der Waals surface area contributed by atoms with Gasteiger partial charge in [0.2, 0.25) is 5.76 Å². The van der Waals surface area contributed by atoms with Gasteiger partial charge in [0.15, 0.2) is 28.8 Å². The van der Waals surface area contributed by atoms with Crippen LogP contribution in [0.3, 0.4) is 0 Å². The van der Waals surface area contributed by atoms with E-state index in [0.29, 0.717) is 125 Å². The summed E-state index contributed by atoms with van der Waals surface area (Å²) in [6, 6.07) is 83.0. The van der Waals surface area contributed by atoms with Gasteiger partial charge in [-0.1, -0.05) is 245 Å². The van der Waals surface area contributed by atoms with Gasteiger partial charge in [-0.2, -0.15) is 0 Å². The molecule has 5 heterocycles. The molecule has 7 N–H and O–H groups in total. The van der Waals surface area contributed by atoms with Crippen LogP contribution in [0.15, 0.2) is 427 Å². The fourth-order valence-corrected chi connectivity index (χ4v) is 13.6. The fourth-order valence-electron chi connectivity index (χ4n) is 13.6. The van der Waals surface area contributed by atoms with Gasteiger partial charge in [-0.05, 0) is 182 Å². The van der Waals surface area contributed by atoms with E-state index in [1.807, 2.05) is 152 Å². The predicted molar refractivity (Wildman–Crippen MR) is 494 cm³/mol. The average molecular weight is 1690 g/mol. The zero-order chi connectivity index (χ0) is 89.4. The molecule has 10 aromatic rings. The Morgan fingerprint density at radius 3 is 0.841 bits per heavy atom. The molecule has 0 fully saturated rings. The van der Waals surface area contributed by atoms with Crippen LogP contribution in [0.4, 0.5) is 0 Å². The summed E-state index contributed by atoms with van der Waals surface area (Å²) < 4.78 is 47.5. The van der Waals surface area contributed by atoms with Crippen LogP contribution >= 0.6 is 0 Å². The van der Waals surface area contributed by atoms with Crippen molar-refractivity contribution in [2.75, 3.05) is 41.7 Å². The number of hydrogen-bond donors (Lipinski definition) is 7. The molecule has 0 saturated carbocycles. The summed E-state index contributed by atoms with van der Waals surface area (Å²) in [5, 5.41) is 68.6. The lowest BCUT2D eigenvalue weighted by atomic mass is 10.0. The lowest BCUT2D eigenvalue weighted by Gasteiger charge is -2.19. The number of aryl methyl sites for hydroxylation is 5. The van der Waals surface area contributed by atoms with Crippen LogP contribution in [0.1, 0.15) is 70.3 Å². The number of carbonyl (C=O) groups excluding carboxylic acids is 2. The van der Waals surface area contributed by atoms with Crippen LogP contribution in [-0.2, 0) is 65.3 Å². The summed E-state index contributed by atoms with van der Waals surface area (Å²) in [7, 11) is 6.24. The third kappa shape index (κ3) is 25.7. The second-order valence-corrected chi connectivity index (χ2v) is 29.4. The van der Waals surface area contributed by atoms with Crippen LogP contribution in [0, 0.1) is 0 Å². The molecule has 0 amide bonds. The topological polar surface area (TPSA) is 259 Å². The highest BCUT2D eigenvalue weighted by atomic mass is 16.6. The van der Waals surface area contributed by atoms with E-state index in [9.17, 15) is 45.3 Å². The smallest absolute Gasteiger partial charge is 0.373 e. The Labute approximate surface area is 735 Å². The molecule has 5 aliphatic heterocycles. The van der Waals surface area contributed by atoms with Gasteiger partial charge in [0.25, 0.3) is 0 Å². The van der Waals surface area contributed by atoms with Crippen molar-refractivity contribution in [3.8, 4) is 72.9 Å². The highest BCUT2D eigenvalue weighted by molar-refractivity contribution is 5.87. The fraction of sp³-hybridized carbons (Fsp3) is 0.148. The van der Waals surface area contributed by atoms with Crippen LogP contribution in [0.2, 0.25) is 0 Å². The van der Waals surface area contributed by atoms with E-state index in [1.165, 1.54) is 41.5 Å². The van der Waals surface area contributed by atoms with Crippen molar-refractivity contribution in [3.05, 3.63) is 461 Å². The molecule has 18 nitrogen and oxygen atoms in total. The Bertz CT molecular complexity index is 5840. The predicted octanol–water partition coefficient (Wildman–Crippen LogP) is 23.9. The van der Waals surface area contributed by atoms with Crippen LogP contribution < -0.4 is 14.2 Å². The summed E-state index contributed by atoms with van der Waals surface area (Å²) in [6.45, 7) is 18.4. The number of methoxy groups -OCH3 is 4. The zero-order valence-electron chi connectivity index (χ0n) is 70.9. The van der Waals surface area contributed by atoms with E-state index < -0.39 is 5.97 Å². The second kappa shape index (κ2) is 45.6. The van der Waals surface area contributed by atoms with Crippen molar-refractivity contribution in [2.24, 2.45) is 0 Å². The van der Waals surface area contributed by atoms with Crippen molar-refractivity contribution in [2.45, 2.75) is 64.2 Å². The Morgan fingerprint density at radius 2 is 0.563 bits per heavy atom. The lowest BCUT2D eigenvalue weighted by molar-refractivity contribution is -0.139. The molecule has 10 aromatic carbocycles. The van der Waals surface area contributed by atoms with Crippen LogP contribution in [0.25, 0.3) is 55.6 Å². The van der Waals surface area contributed by atoms with Gasteiger partial charge in [-0.3, -0.25) is 4.79 Å². The number of ether oxygens (including phenoxy) is 9. The number of carbonyl (C=O) groups is 2. The minimum Gasteiger partial charge on any atom is -0.504 e. The molecule has 0 spiro atoms. The Hall–Kier alpha value is -15.2. The van der Waals surface area contributed by atoms with Crippen molar-refractivity contribution < 1.29 is 88.0 Å². The van der Waals surface area contributed by atoms with E-state index in [1.54, 1.807) is 64.2 Å². The van der Waals surface area contributed by atoms with Gasteiger partial charge in [0.05, 0.1) is 41.0 Å². The highest BCUT2D eigenvalue weighted by Gasteiger charge is 2.25. The first-order valence-corrected chi connectivity index (χ1v) is 40.8. The number of esters is 1. The monoisotopic (exact) mass is 1690 g/mol. The van der Waals surface area contributed by atoms with Gasteiger partial charge in [-0.15, -0.1) is 0 Å². The molecule has 18 heteroatoms. The largest absolute Gasteiger partial charge is 0.504 e. The minimum absolute atomic E-state index is 0.0233. The van der Waals surface area contributed by atoms with E-state index in [2.05, 4.69) is 123 Å². The maximum absolute atomic E-state index is 11.7. The van der Waals surface area contributed by atoms with Crippen LogP contribution in [0.5, 0.6) is 17.2 Å². The normalized spacial score (nSPS) is 13.9. The molecule has 0 aliphatic carbocycles. The first-order valence-electron chi connectivity index (χ1n) is 40.8. The third-order valence-electron chi connectivity index (χ3n) is 20.9. The highest BCUT2D eigenvalue weighted by Crippen LogP contribution is 2.35. The molecular weight excluding hydrogens is 1590 g/mol. The maximum Gasteiger partial charge on any atom is 0.373 e. The molecule has 642 valence electrons. The number of allylic oxidation sites excluding steroid dienone is 10. The Kier molecular flexibility index (Phi) is 33.1. The quantitative estimate of drug-likeness (QED) is 0.0186. The molecule has 5 aliphatic rings. The van der Waals surface area contributed by atoms with Gasteiger partial charge < -0.3 is 78.4 Å². The number of rotatable bonds is 27. The third-order valence-corrected chi connectivity index (χ3v) is 20.9.